The quantitative estimate of drug-likeness (QED) is 0.220. The fraction of sp³-hybridized carbons (Fsp3) is 0.903. The number of carbonyl (C=O) groups excluding carboxylic acids is 2. The summed E-state index contributed by atoms with van der Waals surface area (Å²) in [4.78, 5) is 24.3. The van der Waals surface area contributed by atoms with Gasteiger partial charge in [-0.25, -0.2) is 0 Å². The minimum atomic E-state index is -1.02. The fourth-order valence-electron chi connectivity index (χ4n) is 9.95. The number of carbonyl (C=O) groups is 2. The maximum absolute atomic E-state index is 12.5. The van der Waals surface area contributed by atoms with Gasteiger partial charge in [-0.2, -0.15) is 0 Å². The van der Waals surface area contributed by atoms with Crippen LogP contribution in [0.2, 0.25) is 0 Å². The van der Waals surface area contributed by atoms with Crippen molar-refractivity contribution in [3.8, 4) is 0 Å². The number of rotatable bonds is 7. The second-order valence-corrected chi connectivity index (χ2v) is 14.0. The van der Waals surface area contributed by atoms with Gasteiger partial charge >= 0.3 is 11.9 Å². The van der Waals surface area contributed by atoms with E-state index >= 15 is 0 Å². The predicted octanol–water partition coefficient (Wildman–Crippen LogP) is 7.17. The van der Waals surface area contributed by atoms with E-state index in [9.17, 15) is 14.8 Å². The lowest BCUT2D eigenvalue weighted by Gasteiger charge is -2.64. The number of fused-ring (bicyclic) bond motifs is 5. The van der Waals surface area contributed by atoms with Gasteiger partial charge in [0.05, 0.1) is 0 Å². The van der Waals surface area contributed by atoms with Gasteiger partial charge in [0, 0.05) is 25.7 Å². The summed E-state index contributed by atoms with van der Waals surface area (Å²) in [5.74, 6) is 2.96. The third-order valence-corrected chi connectivity index (χ3v) is 11.5. The van der Waals surface area contributed by atoms with Crippen molar-refractivity contribution in [3.05, 3.63) is 0 Å². The number of hydrogen-bond donors (Lipinski definition) is 1. The minimum absolute atomic E-state index is 0.311. The van der Waals surface area contributed by atoms with Crippen molar-refractivity contribution in [2.24, 2.45) is 51.5 Å². The Morgan fingerprint density at radius 2 is 1.73 bits per heavy atom. The van der Waals surface area contributed by atoms with Crippen molar-refractivity contribution in [3.63, 3.8) is 0 Å². The summed E-state index contributed by atoms with van der Waals surface area (Å²) >= 11 is 0. The van der Waals surface area contributed by atoms with E-state index in [-0.39, 0.29) is 23.5 Å². The third kappa shape index (κ3) is 4.84. The van der Waals surface area contributed by atoms with E-state index in [0.29, 0.717) is 41.7 Å². The standard InChI is InChI=1S/C31H51NO5/c1-19(2)9-8-10-20(3)25-11-12-26-24-17-28(32-35)31(37-22(5)34)18-23(36-21(4)33)13-16-30(31,7)27(24)14-15-29(25,26)6/h19-20,23-27,35H,8-18H2,1-7H3/b32-28+/t20-,23+,24+,25+,26+,27+,29+,30+,31-/m0/s1. The van der Waals surface area contributed by atoms with Gasteiger partial charge in [-0.1, -0.05) is 59.0 Å². The normalized spacial score (nSPS) is 43.0. The van der Waals surface area contributed by atoms with E-state index in [0.717, 1.165) is 37.0 Å². The maximum Gasteiger partial charge on any atom is 0.303 e. The monoisotopic (exact) mass is 517 g/mol. The summed E-state index contributed by atoms with van der Waals surface area (Å²) in [6.07, 6.45) is 11.0. The lowest BCUT2D eigenvalue weighted by molar-refractivity contribution is -0.204. The molecule has 0 aliphatic heterocycles. The Balaban J connectivity index is 1.63. The lowest BCUT2D eigenvalue weighted by atomic mass is 9.42. The van der Waals surface area contributed by atoms with Crippen molar-refractivity contribution < 1.29 is 24.3 Å². The molecule has 0 aromatic rings. The van der Waals surface area contributed by atoms with Crippen LogP contribution in [0.25, 0.3) is 0 Å². The summed E-state index contributed by atoms with van der Waals surface area (Å²) in [5.41, 5.74) is -0.474. The second-order valence-electron chi connectivity index (χ2n) is 14.0. The van der Waals surface area contributed by atoms with Gasteiger partial charge in [0.25, 0.3) is 0 Å². The highest BCUT2D eigenvalue weighted by molar-refractivity contribution is 5.96. The largest absolute Gasteiger partial charge is 0.462 e. The van der Waals surface area contributed by atoms with Gasteiger partial charge in [-0.05, 0) is 85.9 Å². The predicted molar refractivity (Wildman–Crippen MR) is 144 cm³/mol. The number of oxime groups is 1. The zero-order chi connectivity index (χ0) is 27.2. The van der Waals surface area contributed by atoms with Crippen molar-refractivity contribution in [1.82, 2.24) is 0 Å². The Morgan fingerprint density at radius 3 is 2.35 bits per heavy atom. The molecule has 0 amide bonds. The number of esters is 2. The topological polar surface area (TPSA) is 85.2 Å². The van der Waals surface area contributed by atoms with Crippen LogP contribution in [0.1, 0.15) is 119 Å². The Hall–Kier alpha value is -1.59. The zero-order valence-corrected chi connectivity index (χ0v) is 24.3. The van der Waals surface area contributed by atoms with Crippen LogP contribution in [-0.2, 0) is 19.1 Å². The van der Waals surface area contributed by atoms with Crippen molar-refractivity contribution >= 4 is 17.7 Å². The van der Waals surface area contributed by atoms with E-state index in [1.54, 1.807) is 0 Å². The van der Waals surface area contributed by atoms with Crippen LogP contribution in [0.15, 0.2) is 5.16 Å². The minimum Gasteiger partial charge on any atom is -0.462 e. The van der Waals surface area contributed by atoms with Gasteiger partial charge in [0.15, 0.2) is 5.60 Å². The molecule has 0 aromatic heterocycles. The van der Waals surface area contributed by atoms with Crippen LogP contribution >= 0.6 is 0 Å². The molecule has 0 unspecified atom stereocenters. The first-order chi connectivity index (χ1) is 17.4. The van der Waals surface area contributed by atoms with E-state index in [4.69, 9.17) is 9.47 Å². The molecule has 0 radical (unpaired) electrons. The van der Waals surface area contributed by atoms with Crippen molar-refractivity contribution in [1.29, 1.82) is 0 Å². The molecule has 1 N–H and O–H groups in total. The molecular formula is C31H51NO5. The lowest BCUT2D eigenvalue weighted by Crippen LogP contribution is -2.68. The first-order valence-electron chi connectivity index (χ1n) is 15.0. The van der Waals surface area contributed by atoms with Crippen LogP contribution in [0.4, 0.5) is 0 Å². The van der Waals surface area contributed by atoms with Crippen LogP contribution in [0.3, 0.4) is 0 Å². The molecule has 0 aromatic carbocycles. The van der Waals surface area contributed by atoms with Crippen LogP contribution < -0.4 is 0 Å². The van der Waals surface area contributed by atoms with Gasteiger partial charge in [0.1, 0.15) is 11.8 Å². The molecule has 4 aliphatic rings. The molecule has 4 rings (SSSR count). The molecular weight excluding hydrogens is 466 g/mol. The molecule has 0 bridgehead atoms. The molecule has 4 saturated carbocycles. The first kappa shape index (κ1) is 28.4. The highest BCUT2D eigenvalue weighted by Gasteiger charge is 2.69. The highest BCUT2D eigenvalue weighted by Crippen LogP contribution is 2.69. The first-order valence-corrected chi connectivity index (χ1v) is 15.0. The Morgan fingerprint density at radius 1 is 1.00 bits per heavy atom. The average Bonchev–Trinajstić information content (AvgIpc) is 3.15. The Labute approximate surface area is 224 Å². The highest BCUT2D eigenvalue weighted by atomic mass is 16.6. The van der Waals surface area contributed by atoms with Crippen LogP contribution in [0.5, 0.6) is 0 Å². The Bertz CT molecular complexity index is 900. The van der Waals surface area contributed by atoms with Crippen molar-refractivity contribution in [2.75, 3.05) is 0 Å². The number of ether oxygens (including phenoxy) is 2. The molecule has 9 atom stereocenters. The average molecular weight is 518 g/mol. The summed E-state index contributed by atoms with van der Waals surface area (Å²) in [6.45, 7) is 14.8. The number of nitrogens with zero attached hydrogens (tertiary/aromatic N) is 1. The molecule has 4 aliphatic carbocycles. The molecule has 6 heteroatoms. The molecule has 37 heavy (non-hydrogen) atoms. The molecule has 0 spiro atoms. The van der Waals surface area contributed by atoms with Crippen LogP contribution in [0, 0.1) is 46.3 Å². The van der Waals surface area contributed by atoms with Gasteiger partial charge in [-0.3, -0.25) is 9.59 Å². The number of hydrogen-bond acceptors (Lipinski definition) is 6. The molecule has 4 fully saturated rings. The van der Waals surface area contributed by atoms with Crippen molar-refractivity contribution in [2.45, 2.75) is 131 Å². The van der Waals surface area contributed by atoms with E-state index < -0.39 is 5.60 Å². The van der Waals surface area contributed by atoms with E-state index in [1.807, 2.05) is 0 Å². The summed E-state index contributed by atoms with van der Waals surface area (Å²) in [5, 5.41) is 14.2. The molecule has 0 heterocycles. The van der Waals surface area contributed by atoms with Gasteiger partial charge in [-0.15, -0.1) is 0 Å². The molecule has 210 valence electrons. The third-order valence-electron chi connectivity index (χ3n) is 11.5. The smallest absolute Gasteiger partial charge is 0.303 e. The van der Waals surface area contributed by atoms with E-state index in [1.165, 1.54) is 52.4 Å². The summed E-state index contributed by atoms with van der Waals surface area (Å²) < 4.78 is 11.8. The van der Waals surface area contributed by atoms with Gasteiger partial charge < -0.3 is 14.7 Å². The molecule has 6 nitrogen and oxygen atoms in total. The van der Waals surface area contributed by atoms with Gasteiger partial charge in [0.2, 0.25) is 0 Å². The summed E-state index contributed by atoms with van der Waals surface area (Å²) in [6, 6.07) is 0. The summed E-state index contributed by atoms with van der Waals surface area (Å²) in [7, 11) is 0. The SMILES string of the molecule is CC(=O)O[C@@H]1CC[C@]2(C)[C@@H]3CC[C@@]4(C)[C@H](CC[C@@H]4[C@@H](C)CCCC(C)C)[C@H]3C/C(=N\O)[C@@]2(OC(C)=O)C1. The van der Waals surface area contributed by atoms with Crippen LogP contribution in [-0.4, -0.2) is 34.6 Å². The Kier molecular flexibility index (Phi) is 8.08. The van der Waals surface area contributed by atoms with E-state index in [2.05, 4.69) is 39.8 Å². The second kappa shape index (κ2) is 10.5. The molecule has 0 saturated heterocycles. The maximum atomic E-state index is 12.5. The fourth-order valence-corrected chi connectivity index (χ4v) is 9.95. The zero-order valence-electron chi connectivity index (χ0n) is 24.3.